The molecule has 0 spiro atoms. The Morgan fingerprint density at radius 2 is 1.06 bits per heavy atom. The molecule has 0 saturated heterocycles. The van der Waals surface area contributed by atoms with Crippen LogP contribution in [0.3, 0.4) is 0 Å². The van der Waals surface area contributed by atoms with Gasteiger partial charge in [0, 0.05) is 0 Å². The molecule has 0 heterocycles. The van der Waals surface area contributed by atoms with Crippen LogP contribution in [0.4, 0.5) is 0 Å². The first-order valence-electron chi connectivity index (χ1n) is 11.6. The van der Waals surface area contributed by atoms with Gasteiger partial charge < -0.3 is 9.47 Å². The van der Waals surface area contributed by atoms with Crippen molar-refractivity contribution < 1.29 is 9.47 Å². The molecule has 0 N–H and O–H groups in total. The Kier molecular flexibility index (Phi) is 8.17. The summed E-state index contributed by atoms with van der Waals surface area (Å²) in [6.07, 6.45) is 2.27. The zero-order valence-corrected chi connectivity index (χ0v) is 19.7. The van der Waals surface area contributed by atoms with Crippen molar-refractivity contribution in [2.24, 2.45) is 11.8 Å². The van der Waals surface area contributed by atoms with Crippen molar-refractivity contribution in [2.75, 3.05) is 13.2 Å². The molecule has 3 aromatic rings. The number of aryl methyl sites for hydroxylation is 1. The van der Waals surface area contributed by atoms with E-state index in [1.165, 1.54) is 27.8 Å². The highest BCUT2D eigenvalue weighted by Crippen LogP contribution is 2.30. The lowest BCUT2D eigenvalue weighted by Crippen LogP contribution is -2.07. The molecule has 31 heavy (non-hydrogen) atoms. The minimum Gasteiger partial charge on any atom is -0.493 e. The summed E-state index contributed by atoms with van der Waals surface area (Å²) in [4.78, 5) is 0. The third-order valence-corrected chi connectivity index (χ3v) is 6.04. The predicted molar refractivity (Wildman–Crippen MR) is 132 cm³/mol. The number of ether oxygens (including phenoxy) is 2. The average molecular weight is 417 g/mol. The molecule has 2 atom stereocenters. The lowest BCUT2D eigenvalue weighted by Gasteiger charge is -2.13. The van der Waals surface area contributed by atoms with E-state index < -0.39 is 0 Å². The van der Waals surface area contributed by atoms with E-state index in [1.807, 2.05) is 0 Å². The third-order valence-electron chi connectivity index (χ3n) is 6.04. The van der Waals surface area contributed by atoms with Crippen LogP contribution in [-0.4, -0.2) is 13.2 Å². The highest BCUT2D eigenvalue weighted by atomic mass is 16.5. The summed E-state index contributed by atoms with van der Waals surface area (Å²) in [6, 6.07) is 23.5. The van der Waals surface area contributed by atoms with Crippen LogP contribution < -0.4 is 9.47 Å². The maximum atomic E-state index is 5.89. The maximum absolute atomic E-state index is 5.89. The molecular weight excluding hydrogens is 380 g/mol. The van der Waals surface area contributed by atoms with E-state index in [1.54, 1.807) is 0 Å². The predicted octanol–water partition coefficient (Wildman–Crippen LogP) is 8.18. The van der Waals surface area contributed by atoms with Gasteiger partial charge >= 0.3 is 0 Å². The van der Waals surface area contributed by atoms with Gasteiger partial charge in [-0.2, -0.15) is 0 Å². The summed E-state index contributed by atoms with van der Waals surface area (Å²) >= 11 is 0. The number of rotatable bonds is 10. The summed E-state index contributed by atoms with van der Waals surface area (Å²) in [5.41, 5.74) is 6.17. The fourth-order valence-electron chi connectivity index (χ4n) is 3.35. The van der Waals surface area contributed by atoms with E-state index in [-0.39, 0.29) is 0 Å². The van der Waals surface area contributed by atoms with Gasteiger partial charge in [-0.05, 0) is 70.8 Å². The van der Waals surface area contributed by atoms with Crippen molar-refractivity contribution in [3.8, 4) is 33.8 Å². The van der Waals surface area contributed by atoms with Crippen LogP contribution in [0, 0.1) is 18.8 Å². The molecule has 3 rings (SSSR count). The molecule has 0 aliphatic carbocycles. The molecular formula is C29H36O2. The molecule has 0 fully saturated rings. The summed E-state index contributed by atoms with van der Waals surface area (Å²) < 4.78 is 11.8. The molecule has 0 aliphatic rings. The Hall–Kier alpha value is -2.74. The minimum absolute atomic E-state index is 0.579. The zero-order valence-electron chi connectivity index (χ0n) is 19.7. The van der Waals surface area contributed by atoms with E-state index in [0.717, 1.165) is 37.6 Å². The molecule has 0 radical (unpaired) electrons. The molecule has 0 unspecified atom stereocenters. The monoisotopic (exact) mass is 416 g/mol. The first-order chi connectivity index (χ1) is 15.0. The normalized spacial score (nSPS) is 12.9. The average Bonchev–Trinajstić information content (AvgIpc) is 2.81. The molecule has 3 aromatic carbocycles. The molecule has 0 aromatic heterocycles. The Labute approximate surface area is 188 Å². The van der Waals surface area contributed by atoms with Crippen LogP contribution in [0.2, 0.25) is 0 Å². The molecule has 0 saturated carbocycles. The SMILES string of the molecule is CC[C@@H](C)COc1ccc(-c2ccc(-c3ccc(OC[C@H](C)CC)cc3)c(C)c2)cc1. The lowest BCUT2D eigenvalue weighted by atomic mass is 9.95. The van der Waals surface area contributed by atoms with Gasteiger partial charge in [-0.25, -0.2) is 0 Å². The number of benzene rings is 3. The largest absolute Gasteiger partial charge is 0.493 e. The van der Waals surface area contributed by atoms with Gasteiger partial charge in [0.15, 0.2) is 0 Å². The van der Waals surface area contributed by atoms with Crippen LogP contribution in [0.1, 0.15) is 46.1 Å². The second-order valence-corrected chi connectivity index (χ2v) is 8.73. The van der Waals surface area contributed by atoms with Gasteiger partial charge in [0.05, 0.1) is 13.2 Å². The number of hydrogen-bond acceptors (Lipinski definition) is 2. The molecule has 0 bridgehead atoms. The van der Waals surface area contributed by atoms with Crippen LogP contribution in [0.5, 0.6) is 11.5 Å². The first-order valence-corrected chi connectivity index (χ1v) is 11.6. The summed E-state index contributed by atoms with van der Waals surface area (Å²) in [7, 11) is 0. The second-order valence-electron chi connectivity index (χ2n) is 8.73. The summed E-state index contributed by atoms with van der Waals surface area (Å²) in [5.74, 6) is 3.03. The topological polar surface area (TPSA) is 18.5 Å². The fourth-order valence-corrected chi connectivity index (χ4v) is 3.35. The van der Waals surface area contributed by atoms with Crippen molar-refractivity contribution >= 4 is 0 Å². The standard InChI is InChI=1S/C29H36O2/c1-6-21(3)19-30-27-13-8-24(9-14-27)26-12-17-29(23(5)18-26)25-10-15-28(16-11-25)31-20-22(4)7-2/h8-18,21-22H,6-7,19-20H2,1-5H3/t21-,22-/m1/s1. The van der Waals surface area contributed by atoms with Gasteiger partial charge in [-0.3, -0.25) is 0 Å². The van der Waals surface area contributed by atoms with Crippen molar-refractivity contribution in [2.45, 2.75) is 47.5 Å². The van der Waals surface area contributed by atoms with Gasteiger partial charge in [0.2, 0.25) is 0 Å². The maximum Gasteiger partial charge on any atom is 0.119 e. The Morgan fingerprint density at radius 3 is 1.52 bits per heavy atom. The van der Waals surface area contributed by atoms with Crippen molar-refractivity contribution in [3.63, 3.8) is 0 Å². The highest BCUT2D eigenvalue weighted by Gasteiger charge is 2.07. The van der Waals surface area contributed by atoms with Gasteiger partial charge in [-0.15, -0.1) is 0 Å². The summed E-state index contributed by atoms with van der Waals surface area (Å²) in [5, 5.41) is 0. The quantitative estimate of drug-likeness (QED) is 0.332. The van der Waals surface area contributed by atoms with Crippen LogP contribution in [0.25, 0.3) is 22.3 Å². The molecule has 2 heteroatoms. The molecule has 2 nitrogen and oxygen atoms in total. The Balaban J connectivity index is 1.68. The van der Waals surface area contributed by atoms with Gasteiger partial charge in [0.25, 0.3) is 0 Å². The Morgan fingerprint density at radius 1 is 0.613 bits per heavy atom. The molecule has 164 valence electrons. The van der Waals surface area contributed by atoms with E-state index >= 15 is 0 Å². The van der Waals surface area contributed by atoms with E-state index in [9.17, 15) is 0 Å². The van der Waals surface area contributed by atoms with Crippen LogP contribution >= 0.6 is 0 Å². The fraction of sp³-hybridized carbons (Fsp3) is 0.379. The minimum atomic E-state index is 0.579. The molecule has 0 aliphatic heterocycles. The van der Waals surface area contributed by atoms with Crippen molar-refractivity contribution in [3.05, 3.63) is 72.3 Å². The van der Waals surface area contributed by atoms with Crippen molar-refractivity contribution in [1.29, 1.82) is 0 Å². The first kappa shape index (κ1) is 22.9. The van der Waals surface area contributed by atoms with E-state index in [2.05, 4.69) is 101 Å². The number of hydrogen-bond donors (Lipinski definition) is 0. The highest BCUT2D eigenvalue weighted by molar-refractivity contribution is 5.74. The van der Waals surface area contributed by atoms with Gasteiger partial charge in [-0.1, -0.05) is 83.0 Å². The van der Waals surface area contributed by atoms with Crippen LogP contribution in [0.15, 0.2) is 66.7 Å². The second kappa shape index (κ2) is 11.0. The molecule has 0 amide bonds. The Bertz CT molecular complexity index is 941. The van der Waals surface area contributed by atoms with Crippen LogP contribution in [-0.2, 0) is 0 Å². The smallest absolute Gasteiger partial charge is 0.119 e. The van der Waals surface area contributed by atoms with E-state index in [0.29, 0.717) is 11.8 Å². The van der Waals surface area contributed by atoms with E-state index in [4.69, 9.17) is 9.47 Å². The van der Waals surface area contributed by atoms with Gasteiger partial charge in [0.1, 0.15) is 11.5 Å². The summed E-state index contributed by atoms with van der Waals surface area (Å²) in [6.45, 7) is 12.5. The van der Waals surface area contributed by atoms with Crippen molar-refractivity contribution in [1.82, 2.24) is 0 Å². The lowest BCUT2D eigenvalue weighted by molar-refractivity contribution is 0.256. The third kappa shape index (κ3) is 6.37. The zero-order chi connectivity index (χ0) is 22.2.